The molecule has 39 heavy (non-hydrogen) atoms. The molecule has 202 valence electrons. The summed E-state index contributed by atoms with van der Waals surface area (Å²) in [6.07, 6.45) is 0.158. The summed E-state index contributed by atoms with van der Waals surface area (Å²) < 4.78 is 55.9. The van der Waals surface area contributed by atoms with Gasteiger partial charge in [0.1, 0.15) is 23.2 Å². The van der Waals surface area contributed by atoms with Gasteiger partial charge in [0.15, 0.2) is 0 Å². The summed E-state index contributed by atoms with van der Waals surface area (Å²) in [5.41, 5.74) is -0.593. The van der Waals surface area contributed by atoms with Crippen molar-refractivity contribution in [2.75, 3.05) is 18.4 Å². The molecule has 1 saturated heterocycles. The number of imidazole rings is 1. The Hall–Kier alpha value is -4.22. The van der Waals surface area contributed by atoms with Crippen LogP contribution in [0.15, 0.2) is 48.7 Å². The zero-order valence-electron chi connectivity index (χ0n) is 20.6. The molecule has 2 aliphatic rings. The number of phenols is 1. The number of aromatic hydroxyl groups is 1. The summed E-state index contributed by atoms with van der Waals surface area (Å²) in [6, 6.07) is 8.56. The highest BCUT2D eigenvalue weighted by atomic mass is 19.4. The number of likely N-dealkylation sites (tertiary alicyclic amines) is 1. The molecule has 0 bridgehead atoms. The molecule has 2 aromatic heterocycles. The second-order valence-electron chi connectivity index (χ2n) is 9.92. The summed E-state index contributed by atoms with van der Waals surface area (Å²) in [7, 11) is 0. The number of fused-ring (bicyclic) bond motifs is 1. The van der Waals surface area contributed by atoms with Gasteiger partial charge in [-0.15, -0.1) is 0 Å². The number of rotatable bonds is 5. The van der Waals surface area contributed by atoms with Crippen LogP contribution >= 0.6 is 0 Å². The molecule has 2 N–H and O–H groups in total. The van der Waals surface area contributed by atoms with Gasteiger partial charge in [-0.25, -0.2) is 14.4 Å². The number of benzene rings is 2. The highest BCUT2D eigenvalue weighted by Gasteiger charge is 2.36. The minimum absolute atomic E-state index is 0.0223. The lowest BCUT2D eigenvalue weighted by Crippen LogP contribution is -2.45. The number of alkyl halides is 3. The molecule has 12 heteroatoms. The molecule has 1 aliphatic heterocycles. The van der Waals surface area contributed by atoms with E-state index in [1.165, 1.54) is 35.0 Å². The molecule has 1 aliphatic carbocycles. The van der Waals surface area contributed by atoms with Gasteiger partial charge in [-0.3, -0.25) is 9.36 Å². The standard InChI is InChI=1S/C27H24F4N6O2/c28-20-7-5-16(12-19(20)27(29,30)31)24-34-21-8-6-18(38)13-22(21)37(24)23-9-10-32-26(35-23)33-17-2-1-11-36(14-17)25(39)15-3-4-15/h5-10,12-13,15,17,38H,1-4,11,14H2,(H,32,33,35)/t17-/m0/s1. The van der Waals surface area contributed by atoms with Gasteiger partial charge in [0.05, 0.1) is 16.6 Å². The second kappa shape index (κ2) is 9.51. The van der Waals surface area contributed by atoms with E-state index >= 15 is 0 Å². The van der Waals surface area contributed by atoms with Crippen LogP contribution in [-0.2, 0) is 11.0 Å². The fraction of sp³-hybridized carbons (Fsp3) is 0.333. The smallest absolute Gasteiger partial charge is 0.419 e. The number of carbonyl (C=O) groups excluding carboxylic acids is 1. The van der Waals surface area contributed by atoms with Crippen molar-refractivity contribution in [3.63, 3.8) is 0 Å². The topological polar surface area (TPSA) is 96.2 Å². The van der Waals surface area contributed by atoms with E-state index in [0.29, 0.717) is 23.6 Å². The van der Waals surface area contributed by atoms with Crippen molar-refractivity contribution in [2.24, 2.45) is 5.92 Å². The van der Waals surface area contributed by atoms with Crippen LogP contribution in [0.25, 0.3) is 28.2 Å². The van der Waals surface area contributed by atoms with Gasteiger partial charge in [0.25, 0.3) is 0 Å². The molecule has 8 nitrogen and oxygen atoms in total. The van der Waals surface area contributed by atoms with Gasteiger partial charge in [-0.05, 0) is 62.1 Å². The van der Waals surface area contributed by atoms with E-state index in [1.807, 2.05) is 4.90 Å². The molecule has 0 radical (unpaired) electrons. The summed E-state index contributed by atoms with van der Waals surface area (Å²) >= 11 is 0. The molecule has 4 aromatic rings. The molecule has 2 fully saturated rings. The Labute approximate surface area is 220 Å². The molecule has 0 spiro atoms. The van der Waals surface area contributed by atoms with Crippen LogP contribution in [-0.4, -0.2) is 54.6 Å². The number of aromatic nitrogens is 4. The third kappa shape index (κ3) is 4.98. The first-order valence-electron chi connectivity index (χ1n) is 12.6. The monoisotopic (exact) mass is 540 g/mol. The first kappa shape index (κ1) is 25.1. The number of piperidine rings is 1. The Kier molecular flexibility index (Phi) is 6.12. The van der Waals surface area contributed by atoms with E-state index in [9.17, 15) is 27.5 Å². The maximum Gasteiger partial charge on any atom is 0.419 e. The number of carbonyl (C=O) groups is 1. The molecule has 6 rings (SSSR count). The number of amides is 1. The van der Waals surface area contributed by atoms with E-state index in [4.69, 9.17) is 0 Å². The zero-order chi connectivity index (χ0) is 27.3. The number of nitrogens with zero attached hydrogens (tertiary/aromatic N) is 5. The Balaban J connectivity index is 1.38. The van der Waals surface area contributed by atoms with Gasteiger partial charge < -0.3 is 15.3 Å². The zero-order valence-corrected chi connectivity index (χ0v) is 20.6. The highest BCUT2D eigenvalue weighted by Crippen LogP contribution is 2.36. The number of phenolic OH excluding ortho intramolecular Hbond substituents is 1. The fourth-order valence-electron chi connectivity index (χ4n) is 4.98. The lowest BCUT2D eigenvalue weighted by Gasteiger charge is -2.33. The number of halogens is 4. The number of anilines is 1. The lowest BCUT2D eigenvalue weighted by molar-refractivity contribution is -0.140. The van der Waals surface area contributed by atoms with Crippen LogP contribution in [0.2, 0.25) is 0 Å². The van der Waals surface area contributed by atoms with Crippen molar-refractivity contribution in [3.05, 3.63) is 60.0 Å². The van der Waals surface area contributed by atoms with Crippen molar-refractivity contribution >= 4 is 22.9 Å². The third-order valence-corrected chi connectivity index (χ3v) is 7.03. The Morgan fingerprint density at radius 3 is 2.64 bits per heavy atom. The Morgan fingerprint density at radius 2 is 1.87 bits per heavy atom. The molecule has 1 atom stereocenters. The van der Waals surface area contributed by atoms with Crippen molar-refractivity contribution in [1.82, 2.24) is 24.4 Å². The summed E-state index contributed by atoms with van der Waals surface area (Å²) in [4.78, 5) is 27.8. The van der Waals surface area contributed by atoms with E-state index in [-0.39, 0.29) is 46.8 Å². The molecule has 1 amide bonds. The largest absolute Gasteiger partial charge is 0.508 e. The quantitative estimate of drug-likeness (QED) is 0.340. The normalized spacial score (nSPS) is 17.9. The van der Waals surface area contributed by atoms with Gasteiger partial charge in [0.2, 0.25) is 11.9 Å². The first-order valence-corrected chi connectivity index (χ1v) is 12.6. The maximum atomic E-state index is 14.0. The van der Waals surface area contributed by atoms with E-state index in [2.05, 4.69) is 20.3 Å². The Morgan fingerprint density at radius 1 is 1.05 bits per heavy atom. The lowest BCUT2D eigenvalue weighted by atomic mass is 10.1. The van der Waals surface area contributed by atoms with Gasteiger partial charge in [0, 0.05) is 42.9 Å². The predicted octanol–water partition coefficient (Wildman–Crippen LogP) is 5.16. The highest BCUT2D eigenvalue weighted by molar-refractivity contribution is 5.84. The van der Waals surface area contributed by atoms with Crippen molar-refractivity contribution in [1.29, 1.82) is 0 Å². The van der Waals surface area contributed by atoms with Crippen LogP contribution < -0.4 is 5.32 Å². The Bertz CT molecular complexity index is 1570. The summed E-state index contributed by atoms with van der Waals surface area (Å²) in [6.45, 7) is 1.26. The van der Waals surface area contributed by atoms with Crippen LogP contribution in [0.5, 0.6) is 5.75 Å². The van der Waals surface area contributed by atoms with Crippen molar-refractivity contribution in [3.8, 4) is 23.0 Å². The van der Waals surface area contributed by atoms with Crippen LogP contribution in [0.4, 0.5) is 23.5 Å². The molecule has 1 saturated carbocycles. The van der Waals surface area contributed by atoms with E-state index < -0.39 is 17.6 Å². The molecule has 2 aromatic carbocycles. The third-order valence-electron chi connectivity index (χ3n) is 7.03. The van der Waals surface area contributed by atoms with Crippen molar-refractivity contribution < 1.29 is 27.5 Å². The molecule has 3 heterocycles. The average Bonchev–Trinajstić information content (AvgIpc) is 3.69. The summed E-state index contributed by atoms with van der Waals surface area (Å²) in [5, 5.41) is 13.4. The van der Waals surface area contributed by atoms with Gasteiger partial charge in [-0.2, -0.15) is 18.2 Å². The van der Waals surface area contributed by atoms with Crippen LogP contribution in [0, 0.1) is 11.7 Å². The first-order chi connectivity index (χ1) is 18.7. The van der Waals surface area contributed by atoms with Crippen molar-refractivity contribution in [2.45, 2.75) is 37.9 Å². The maximum absolute atomic E-state index is 14.0. The van der Waals surface area contributed by atoms with Gasteiger partial charge >= 0.3 is 6.18 Å². The molecular formula is C27H24F4N6O2. The van der Waals surface area contributed by atoms with Gasteiger partial charge in [-0.1, -0.05) is 0 Å². The van der Waals surface area contributed by atoms with E-state index in [0.717, 1.165) is 38.3 Å². The minimum Gasteiger partial charge on any atom is -0.508 e. The second-order valence-corrected chi connectivity index (χ2v) is 9.92. The number of hydrogen-bond donors (Lipinski definition) is 2. The fourth-order valence-corrected chi connectivity index (χ4v) is 4.98. The molecular weight excluding hydrogens is 516 g/mol. The van der Waals surface area contributed by atoms with Crippen LogP contribution in [0.3, 0.4) is 0 Å². The predicted molar refractivity (Wildman–Crippen MR) is 135 cm³/mol. The van der Waals surface area contributed by atoms with E-state index in [1.54, 1.807) is 6.07 Å². The minimum atomic E-state index is -4.89. The number of nitrogens with one attached hydrogen (secondary N) is 1. The SMILES string of the molecule is O=C(C1CC1)N1CCC[C@H](Nc2nccc(-n3c(-c4ccc(F)c(C(F)(F)F)c4)nc4ccc(O)cc43)n2)C1. The molecule has 0 unspecified atom stereocenters. The summed E-state index contributed by atoms with van der Waals surface area (Å²) in [5.74, 6) is -0.483. The van der Waals surface area contributed by atoms with Crippen LogP contribution in [0.1, 0.15) is 31.2 Å². The number of hydrogen-bond acceptors (Lipinski definition) is 6. The average molecular weight is 541 g/mol.